The number of nitro groups is 1. The second-order valence-electron chi connectivity index (χ2n) is 5.16. The third kappa shape index (κ3) is 3.02. The van der Waals surface area contributed by atoms with Crippen molar-refractivity contribution in [3.05, 3.63) is 33.1 Å². The maximum absolute atomic E-state index is 13.4. The monoisotopic (exact) mass is 302 g/mol. The molecule has 20 heavy (non-hydrogen) atoms. The number of hydrogen-bond donors (Lipinski definition) is 2. The molecule has 0 radical (unpaired) electrons. The van der Waals surface area contributed by atoms with Crippen LogP contribution in [0.3, 0.4) is 0 Å². The number of nitrogens with zero attached hydrogens (tertiary/aromatic N) is 1. The molecule has 0 unspecified atom stereocenters. The van der Waals surface area contributed by atoms with E-state index in [1.807, 2.05) is 0 Å². The molecule has 0 amide bonds. The van der Waals surface area contributed by atoms with Gasteiger partial charge in [0.1, 0.15) is 11.5 Å². The Labute approximate surface area is 120 Å². The Kier molecular flexibility index (Phi) is 4.45. The summed E-state index contributed by atoms with van der Waals surface area (Å²) < 4.78 is 13.4. The fourth-order valence-electron chi connectivity index (χ4n) is 2.62. The molecule has 1 aromatic rings. The predicted molar refractivity (Wildman–Crippen MR) is 74.6 cm³/mol. The Morgan fingerprint density at radius 1 is 1.40 bits per heavy atom. The molecule has 1 aromatic carbocycles. The number of hydrogen-bond acceptors (Lipinski definition) is 4. The van der Waals surface area contributed by atoms with Gasteiger partial charge in [-0.3, -0.25) is 10.1 Å². The highest BCUT2D eigenvalue weighted by Crippen LogP contribution is 2.36. The summed E-state index contributed by atoms with van der Waals surface area (Å²) in [5, 5.41) is 23.5. The third-order valence-corrected chi connectivity index (χ3v) is 4.04. The summed E-state index contributed by atoms with van der Waals surface area (Å²) in [6, 6.07) is 2.01. The summed E-state index contributed by atoms with van der Waals surface area (Å²) in [6.45, 7) is -0.126. The van der Waals surface area contributed by atoms with Crippen molar-refractivity contribution in [2.45, 2.75) is 37.6 Å². The molecule has 0 spiro atoms. The average Bonchev–Trinajstić information content (AvgIpc) is 2.43. The van der Waals surface area contributed by atoms with Crippen molar-refractivity contribution in [1.82, 2.24) is 0 Å². The molecule has 7 heteroatoms. The van der Waals surface area contributed by atoms with Gasteiger partial charge in [0, 0.05) is 0 Å². The molecule has 0 aliphatic heterocycles. The minimum Gasteiger partial charge on any atom is -0.394 e. The van der Waals surface area contributed by atoms with E-state index in [1.165, 1.54) is 6.07 Å². The van der Waals surface area contributed by atoms with Crippen molar-refractivity contribution in [2.24, 2.45) is 0 Å². The Bertz CT molecular complexity index is 519. The summed E-state index contributed by atoms with van der Waals surface area (Å²) in [5.41, 5.74) is -0.813. The van der Waals surface area contributed by atoms with E-state index in [2.05, 4.69) is 5.32 Å². The largest absolute Gasteiger partial charge is 0.394 e. The van der Waals surface area contributed by atoms with Crippen LogP contribution in [0.25, 0.3) is 0 Å². The smallest absolute Gasteiger partial charge is 0.295 e. The second-order valence-corrected chi connectivity index (χ2v) is 5.57. The van der Waals surface area contributed by atoms with Gasteiger partial charge in [0.15, 0.2) is 0 Å². The molecule has 5 nitrogen and oxygen atoms in total. The lowest BCUT2D eigenvalue weighted by molar-refractivity contribution is -0.384. The SMILES string of the molecule is O=[N+]([O-])c1cc(F)c(Cl)cc1NC1(CO)CCCCC1. The van der Waals surface area contributed by atoms with Crippen LogP contribution in [0.2, 0.25) is 5.02 Å². The van der Waals surface area contributed by atoms with Crippen LogP contribution in [0.5, 0.6) is 0 Å². The highest BCUT2D eigenvalue weighted by atomic mass is 35.5. The van der Waals surface area contributed by atoms with Crippen molar-refractivity contribution in [1.29, 1.82) is 0 Å². The molecular weight excluding hydrogens is 287 g/mol. The molecule has 0 atom stereocenters. The molecule has 1 saturated carbocycles. The molecule has 0 saturated heterocycles. The molecule has 1 fully saturated rings. The zero-order valence-electron chi connectivity index (χ0n) is 10.9. The topological polar surface area (TPSA) is 75.4 Å². The molecule has 1 aliphatic rings. The summed E-state index contributed by atoms with van der Waals surface area (Å²) >= 11 is 5.70. The standard InChI is InChI=1S/C13H16ClFN2O3/c14-9-6-11(12(17(19)20)7-10(9)15)16-13(8-18)4-2-1-3-5-13/h6-7,16,18H,1-5,8H2. The first kappa shape index (κ1) is 15.0. The van der Waals surface area contributed by atoms with Gasteiger partial charge in [0.2, 0.25) is 0 Å². The van der Waals surface area contributed by atoms with Crippen molar-refractivity contribution in [3.8, 4) is 0 Å². The van der Waals surface area contributed by atoms with Crippen LogP contribution in [-0.2, 0) is 0 Å². The normalized spacial score (nSPS) is 17.8. The summed E-state index contributed by atoms with van der Waals surface area (Å²) in [5.74, 6) is -0.828. The summed E-state index contributed by atoms with van der Waals surface area (Å²) in [4.78, 5) is 10.4. The van der Waals surface area contributed by atoms with Gasteiger partial charge < -0.3 is 10.4 Å². The third-order valence-electron chi connectivity index (χ3n) is 3.75. The minimum absolute atomic E-state index is 0.126. The number of nitrogens with one attached hydrogen (secondary N) is 1. The molecule has 110 valence electrons. The zero-order valence-corrected chi connectivity index (χ0v) is 11.6. The lowest BCUT2D eigenvalue weighted by Gasteiger charge is -2.37. The van der Waals surface area contributed by atoms with E-state index in [-0.39, 0.29) is 23.0 Å². The van der Waals surface area contributed by atoms with Crippen LogP contribution in [0.1, 0.15) is 32.1 Å². The van der Waals surface area contributed by atoms with Crippen molar-refractivity contribution in [2.75, 3.05) is 11.9 Å². The quantitative estimate of drug-likeness (QED) is 0.659. The summed E-state index contributed by atoms with van der Waals surface area (Å²) in [6.07, 6.45) is 4.40. The predicted octanol–water partition coefficient (Wildman–Crippen LogP) is 3.49. The van der Waals surface area contributed by atoms with Gasteiger partial charge in [0.05, 0.1) is 28.2 Å². The Morgan fingerprint density at radius 3 is 2.60 bits per heavy atom. The van der Waals surface area contributed by atoms with E-state index < -0.39 is 16.3 Å². The van der Waals surface area contributed by atoms with Gasteiger partial charge in [-0.2, -0.15) is 0 Å². The van der Waals surface area contributed by atoms with E-state index in [4.69, 9.17) is 11.6 Å². The second kappa shape index (κ2) is 5.93. The van der Waals surface area contributed by atoms with Gasteiger partial charge in [-0.1, -0.05) is 30.9 Å². The zero-order chi connectivity index (χ0) is 14.8. The molecular formula is C13H16ClFN2O3. The van der Waals surface area contributed by atoms with Crippen LogP contribution in [-0.4, -0.2) is 22.2 Å². The van der Waals surface area contributed by atoms with Gasteiger partial charge in [0.25, 0.3) is 5.69 Å². The maximum Gasteiger partial charge on any atom is 0.295 e. The van der Waals surface area contributed by atoms with E-state index in [0.29, 0.717) is 0 Å². The Morgan fingerprint density at radius 2 is 2.05 bits per heavy atom. The summed E-state index contributed by atoms with van der Waals surface area (Å²) in [7, 11) is 0. The number of rotatable bonds is 4. The van der Waals surface area contributed by atoms with Crippen LogP contribution in [0, 0.1) is 15.9 Å². The molecule has 1 aliphatic carbocycles. The van der Waals surface area contributed by atoms with Crippen molar-refractivity contribution < 1.29 is 14.4 Å². The number of aliphatic hydroxyl groups is 1. The number of halogens is 2. The van der Waals surface area contributed by atoms with E-state index in [0.717, 1.165) is 38.2 Å². The molecule has 2 N–H and O–H groups in total. The highest BCUT2D eigenvalue weighted by molar-refractivity contribution is 6.31. The van der Waals surface area contributed by atoms with Gasteiger partial charge >= 0.3 is 0 Å². The Hall–Kier alpha value is -1.40. The fraction of sp³-hybridized carbons (Fsp3) is 0.538. The minimum atomic E-state index is -0.828. The van der Waals surface area contributed by atoms with E-state index in [1.54, 1.807) is 0 Å². The fourth-order valence-corrected chi connectivity index (χ4v) is 2.79. The van der Waals surface area contributed by atoms with E-state index >= 15 is 0 Å². The van der Waals surface area contributed by atoms with Gasteiger partial charge in [-0.15, -0.1) is 0 Å². The number of aliphatic hydroxyl groups excluding tert-OH is 1. The van der Waals surface area contributed by atoms with Crippen LogP contribution >= 0.6 is 11.6 Å². The Balaban J connectivity index is 2.36. The van der Waals surface area contributed by atoms with Gasteiger partial charge in [-0.25, -0.2) is 4.39 Å². The first-order valence-corrected chi connectivity index (χ1v) is 6.88. The van der Waals surface area contributed by atoms with Crippen LogP contribution in [0.15, 0.2) is 12.1 Å². The first-order chi connectivity index (χ1) is 9.47. The lowest BCUT2D eigenvalue weighted by Crippen LogP contribution is -2.44. The van der Waals surface area contributed by atoms with Gasteiger partial charge in [-0.05, 0) is 18.9 Å². The number of benzene rings is 1. The maximum atomic E-state index is 13.4. The molecule has 2 rings (SSSR count). The van der Waals surface area contributed by atoms with Crippen molar-refractivity contribution >= 4 is 23.0 Å². The van der Waals surface area contributed by atoms with E-state index in [9.17, 15) is 19.6 Å². The van der Waals surface area contributed by atoms with Crippen LogP contribution in [0.4, 0.5) is 15.8 Å². The molecule has 0 aromatic heterocycles. The average molecular weight is 303 g/mol. The molecule has 0 bridgehead atoms. The van der Waals surface area contributed by atoms with Crippen LogP contribution < -0.4 is 5.32 Å². The first-order valence-electron chi connectivity index (χ1n) is 6.50. The number of anilines is 1. The molecule has 0 heterocycles. The lowest BCUT2D eigenvalue weighted by atomic mass is 9.82. The number of nitro benzene ring substituents is 1. The highest BCUT2D eigenvalue weighted by Gasteiger charge is 2.33. The van der Waals surface area contributed by atoms with Crippen molar-refractivity contribution in [3.63, 3.8) is 0 Å².